The first-order valence-electron chi connectivity index (χ1n) is 6.39. The number of hydrogen-bond acceptors (Lipinski definition) is 4. The highest BCUT2D eigenvalue weighted by Gasteiger charge is 2.07. The molecule has 5 heteroatoms. The van der Waals surface area contributed by atoms with Gasteiger partial charge in [0.25, 0.3) is 0 Å². The molecule has 4 nitrogen and oxygen atoms in total. The lowest BCUT2D eigenvalue weighted by Crippen LogP contribution is -2.31. The second-order valence-electron chi connectivity index (χ2n) is 4.09. The van der Waals surface area contributed by atoms with Crippen LogP contribution in [-0.4, -0.2) is 31.5 Å². The highest BCUT2D eigenvalue weighted by Crippen LogP contribution is 2.27. The SMILES string of the molecule is CCOc1ccc(CNC(CC)CO)cc1OC.Cl. The fourth-order valence-electron chi connectivity index (χ4n) is 1.70. The van der Waals surface area contributed by atoms with Crippen molar-refractivity contribution in [2.45, 2.75) is 32.9 Å². The number of nitrogens with one attached hydrogen (secondary N) is 1. The Bertz CT molecular complexity index is 357. The molecule has 110 valence electrons. The molecule has 2 N–H and O–H groups in total. The molecule has 1 rings (SSSR count). The topological polar surface area (TPSA) is 50.7 Å². The number of aliphatic hydroxyl groups is 1. The van der Waals surface area contributed by atoms with Gasteiger partial charge in [0.2, 0.25) is 0 Å². The fraction of sp³-hybridized carbons (Fsp3) is 0.571. The van der Waals surface area contributed by atoms with E-state index in [1.54, 1.807) is 7.11 Å². The van der Waals surface area contributed by atoms with Gasteiger partial charge in [0.15, 0.2) is 11.5 Å². The summed E-state index contributed by atoms with van der Waals surface area (Å²) in [5, 5.41) is 12.4. The molecular formula is C14H24ClNO3. The van der Waals surface area contributed by atoms with Crippen molar-refractivity contribution >= 4 is 12.4 Å². The van der Waals surface area contributed by atoms with Gasteiger partial charge in [-0.2, -0.15) is 0 Å². The van der Waals surface area contributed by atoms with Crippen molar-refractivity contribution in [2.75, 3.05) is 20.3 Å². The van der Waals surface area contributed by atoms with Gasteiger partial charge in [-0.15, -0.1) is 12.4 Å². The van der Waals surface area contributed by atoms with Gasteiger partial charge in [-0.25, -0.2) is 0 Å². The Labute approximate surface area is 121 Å². The molecule has 0 fully saturated rings. The van der Waals surface area contributed by atoms with Crippen LogP contribution in [0.3, 0.4) is 0 Å². The highest BCUT2D eigenvalue weighted by atomic mass is 35.5. The summed E-state index contributed by atoms with van der Waals surface area (Å²) in [7, 11) is 1.64. The number of hydrogen-bond donors (Lipinski definition) is 2. The van der Waals surface area contributed by atoms with Crippen LogP contribution < -0.4 is 14.8 Å². The van der Waals surface area contributed by atoms with E-state index in [0.717, 1.165) is 23.5 Å². The Morgan fingerprint density at radius 2 is 2.00 bits per heavy atom. The van der Waals surface area contributed by atoms with E-state index in [1.807, 2.05) is 32.0 Å². The van der Waals surface area contributed by atoms with E-state index in [4.69, 9.17) is 14.6 Å². The quantitative estimate of drug-likeness (QED) is 0.771. The van der Waals surface area contributed by atoms with Gasteiger partial charge in [0.1, 0.15) is 0 Å². The van der Waals surface area contributed by atoms with Crippen LogP contribution in [0.15, 0.2) is 18.2 Å². The van der Waals surface area contributed by atoms with Crippen LogP contribution in [0.1, 0.15) is 25.8 Å². The Morgan fingerprint density at radius 1 is 1.26 bits per heavy atom. The lowest BCUT2D eigenvalue weighted by Gasteiger charge is -2.15. The molecule has 0 aliphatic rings. The van der Waals surface area contributed by atoms with Crippen molar-refractivity contribution in [1.29, 1.82) is 0 Å². The van der Waals surface area contributed by atoms with Gasteiger partial charge in [-0.05, 0) is 31.0 Å². The number of rotatable bonds is 8. The lowest BCUT2D eigenvalue weighted by molar-refractivity contribution is 0.238. The zero-order valence-corrected chi connectivity index (χ0v) is 12.6. The van der Waals surface area contributed by atoms with Crippen LogP contribution in [0.2, 0.25) is 0 Å². The Kier molecular flexibility index (Phi) is 9.39. The maximum Gasteiger partial charge on any atom is 0.161 e. The van der Waals surface area contributed by atoms with Gasteiger partial charge in [-0.1, -0.05) is 13.0 Å². The lowest BCUT2D eigenvalue weighted by atomic mass is 10.1. The molecule has 0 saturated heterocycles. The zero-order valence-electron chi connectivity index (χ0n) is 11.8. The van der Waals surface area contributed by atoms with Crippen molar-refractivity contribution in [2.24, 2.45) is 0 Å². The Balaban J connectivity index is 0.00000324. The Hall–Kier alpha value is -0.970. The summed E-state index contributed by atoms with van der Waals surface area (Å²) in [6, 6.07) is 6.02. The average molecular weight is 290 g/mol. The van der Waals surface area contributed by atoms with Crippen LogP contribution in [0.5, 0.6) is 11.5 Å². The fourth-order valence-corrected chi connectivity index (χ4v) is 1.70. The normalized spacial score (nSPS) is 11.6. The minimum absolute atomic E-state index is 0. The summed E-state index contributed by atoms with van der Waals surface area (Å²) in [6.07, 6.45) is 0.907. The van der Waals surface area contributed by atoms with Crippen molar-refractivity contribution in [3.63, 3.8) is 0 Å². The molecule has 0 amide bonds. The van der Waals surface area contributed by atoms with E-state index in [2.05, 4.69) is 5.32 Å². The molecule has 1 atom stereocenters. The van der Waals surface area contributed by atoms with Crippen molar-refractivity contribution in [1.82, 2.24) is 5.32 Å². The second kappa shape index (κ2) is 9.89. The van der Waals surface area contributed by atoms with Crippen LogP contribution in [0.4, 0.5) is 0 Å². The number of benzene rings is 1. The van der Waals surface area contributed by atoms with Gasteiger partial charge in [0, 0.05) is 12.6 Å². The maximum absolute atomic E-state index is 9.11. The molecule has 0 saturated carbocycles. The van der Waals surface area contributed by atoms with E-state index in [-0.39, 0.29) is 25.1 Å². The summed E-state index contributed by atoms with van der Waals surface area (Å²) in [4.78, 5) is 0. The molecule has 0 aromatic heterocycles. The number of ether oxygens (including phenoxy) is 2. The molecule has 19 heavy (non-hydrogen) atoms. The first-order valence-corrected chi connectivity index (χ1v) is 6.39. The summed E-state index contributed by atoms with van der Waals surface area (Å²) in [5.74, 6) is 1.51. The van der Waals surface area contributed by atoms with Gasteiger partial charge >= 0.3 is 0 Å². The minimum Gasteiger partial charge on any atom is -0.493 e. The maximum atomic E-state index is 9.11. The van der Waals surface area contributed by atoms with Crippen LogP contribution in [-0.2, 0) is 6.54 Å². The molecule has 0 aliphatic carbocycles. The summed E-state index contributed by atoms with van der Waals surface area (Å²) >= 11 is 0. The summed E-state index contributed by atoms with van der Waals surface area (Å²) < 4.78 is 10.8. The third kappa shape index (κ3) is 5.68. The first-order chi connectivity index (χ1) is 8.74. The molecule has 1 aromatic carbocycles. The summed E-state index contributed by atoms with van der Waals surface area (Å²) in [6.45, 7) is 5.48. The van der Waals surface area contributed by atoms with E-state index in [1.165, 1.54) is 0 Å². The first kappa shape index (κ1) is 18.0. The average Bonchev–Trinajstić information content (AvgIpc) is 2.41. The molecule has 0 spiro atoms. The number of aliphatic hydroxyl groups excluding tert-OH is 1. The van der Waals surface area contributed by atoms with E-state index >= 15 is 0 Å². The van der Waals surface area contributed by atoms with Crippen molar-refractivity contribution < 1.29 is 14.6 Å². The molecular weight excluding hydrogens is 266 g/mol. The van der Waals surface area contributed by atoms with Gasteiger partial charge < -0.3 is 19.9 Å². The molecule has 0 aliphatic heterocycles. The van der Waals surface area contributed by atoms with E-state index < -0.39 is 0 Å². The van der Waals surface area contributed by atoms with E-state index in [0.29, 0.717) is 13.2 Å². The largest absolute Gasteiger partial charge is 0.493 e. The summed E-state index contributed by atoms with van der Waals surface area (Å²) in [5.41, 5.74) is 1.11. The zero-order chi connectivity index (χ0) is 13.4. The standard InChI is InChI=1S/C14H23NO3.ClH/c1-4-12(10-16)15-9-11-6-7-13(18-5-2)14(8-11)17-3;/h6-8,12,15-16H,4-5,9-10H2,1-3H3;1H. The smallest absolute Gasteiger partial charge is 0.161 e. The van der Waals surface area contributed by atoms with Crippen molar-refractivity contribution in [3.05, 3.63) is 23.8 Å². The molecule has 0 bridgehead atoms. The van der Waals surface area contributed by atoms with Crippen LogP contribution in [0, 0.1) is 0 Å². The third-order valence-corrected chi connectivity index (χ3v) is 2.84. The Morgan fingerprint density at radius 3 is 2.53 bits per heavy atom. The van der Waals surface area contributed by atoms with Gasteiger partial charge in [0.05, 0.1) is 20.3 Å². The predicted molar refractivity (Wildman–Crippen MR) is 79.4 cm³/mol. The number of methoxy groups -OCH3 is 1. The molecule has 1 unspecified atom stereocenters. The van der Waals surface area contributed by atoms with Crippen molar-refractivity contribution in [3.8, 4) is 11.5 Å². The van der Waals surface area contributed by atoms with Gasteiger partial charge in [-0.3, -0.25) is 0 Å². The molecule has 0 heterocycles. The van der Waals surface area contributed by atoms with Crippen LogP contribution in [0.25, 0.3) is 0 Å². The van der Waals surface area contributed by atoms with E-state index in [9.17, 15) is 0 Å². The molecule has 1 aromatic rings. The highest BCUT2D eigenvalue weighted by molar-refractivity contribution is 5.85. The monoisotopic (exact) mass is 289 g/mol. The number of halogens is 1. The second-order valence-corrected chi connectivity index (χ2v) is 4.09. The van der Waals surface area contributed by atoms with Crippen LogP contribution >= 0.6 is 12.4 Å². The third-order valence-electron chi connectivity index (χ3n) is 2.84. The molecule has 0 radical (unpaired) electrons. The minimum atomic E-state index is 0. The predicted octanol–water partition coefficient (Wildman–Crippen LogP) is 2.38.